The van der Waals surface area contributed by atoms with Gasteiger partial charge in [0.25, 0.3) is 0 Å². The van der Waals surface area contributed by atoms with Gasteiger partial charge in [-0.3, -0.25) is 5.43 Å². The molecule has 0 spiro atoms. The van der Waals surface area contributed by atoms with Crippen LogP contribution in [-0.4, -0.2) is 11.2 Å². The highest BCUT2D eigenvalue weighted by Gasteiger charge is 2.03. The van der Waals surface area contributed by atoms with E-state index >= 15 is 0 Å². The van der Waals surface area contributed by atoms with E-state index in [1.165, 1.54) is 5.56 Å². The number of hydrogen-bond donors (Lipinski definition) is 1. The number of nitrogens with zero attached hydrogens (tertiary/aromatic N) is 2. The molecule has 3 aromatic rings. The number of hydrazone groups is 1. The minimum Gasteiger partial charge on any atom is -0.253 e. The van der Waals surface area contributed by atoms with Gasteiger partial charge in [0.05, 0.1) is 5.69 Å². The first-order valence-corrected chi connectivity index (χ1v) is 8.22. The van der Waals surface area contributed by atoms with E-state index in [-0.39, 0.29) is 0 Å². The Bertz CT molecular complexity index is 802. The minimum absolute atomic E-state index is 0.782. The molecule has 0 saturated heterocycles. The molecule has 0 unspecified atom stereocenters. The zero-order chi connectivity index (χ0) is 15.9. The van der Waals surface area contributed by atoms with Crippen LogP contribution in [0, 0.1) is 6.92 Å². The van der Waals surface area contributed by atoms with Crippen LogP contribution in [0.3, 0.4) is 0 Å². The molecule has 0 fully saturated rings. The van der Waals surface area contributed by atoms with Crippen molar-refractivity contribution >= 4 is 28.8 Å². The molecule has 2 aromatic carbocycles. The lowest BCUT2D eigenvalue weighted by Gasteiger charge is -1.97. The van der Waals surface area contributed by atoms with Crippen molar-refractivity contribution in [2.24, 2.45) is 5.10 Å². The fraction of sp³-hybridized carbons (Fsp3) is 0.0526. The average molecular weight is 319 g/mol. The molecule has 0 aliphatic heterocycles. The maximum absolute atomic E-state index is 4.54. The van der Waals surface area contributed by atoms with Crippen molar-refractivity contribution in [1.29, 1.82) is 0 Å². The number of rotatable bonds is 5. The van der Waals surface area contributed by atoms with Crippen molar-refractivity contribution < 1.29 is 0 Å². The molecule has 0 atom stereocenters. The third-order valence-corrected chi connectivity index (χ3v) is 4.01. The molecule has 0 saturated carbocycles. The van der Waals surface area contributed by atoms with E-state index in [4.69, 9.17) is 0 Å². The van der Waals surface area contributed by atoms with Crippen molar-refractivity contribution in [2.75, 3.05) is 5.43 Å². The Kier molecular flexibility index (Phi) is 4.96. The molecule has 0 radical (unpaired) electrons. The van der Waals surface area contributed by atoms with Gasteiger partial charge < -0.3 is 0 Å². The maximum Gasteiger partial charge on any atom is 0.203 e. The smallest absolute Gasteiger partial charge is 0.203 e. The molecule has 3 rings (SSSR count). The first kappa shape index (κ1) is 15.2. The predicted octanol–water partition coefficient (Wildman–Crippen LogP) is 5.23. The van der Waals surface area contributed by atoms with Gasteiger partial charge in [0.15, 0.2) is 0 Å². The number of aryl methyl sites for hydroxylation is 1. The van der Waals surface area contributed by atoms with E-state index in [0.29, 0.717) is 0 Å². The zero-order valence-electron chi connectivity index (χ0n) is 12.8. The van der Waals surface area contributed by atoms with Gasteiger partial charge >= 0.3 is 0 Å². The summed E-state index contributed by atoms with van der Waals surface area (Å²) in [4.78, 5) is 4.54. The van der Waals surface area contributed by atoms with Gasteiger partial charge in [0.1, 0.15) is 0 Å². The van der Waals surface area contributed by atoms with Gasteiger partial charge in [-0.25, -0.2) is 4.98 Å². The lowest BCUT2D eigenvalue weighted by Crippen LogP contribution is -1.87. The second kappa shape index (κ2) is 7.51. The minimum atomic E-state index is 0.782. The summed E-state index contributed by atoms with van der Waals surface area (Å²) in [6.45, 7) is 2.08. The molecule has 0 amide bonds. The summed E-state index contributed by atoms with van der Waals surface area (Å²) in [5, 5.41) is 6.98. The summed E-state index contributed by atoms with van der Waals surface area (Å²) in [7, 11) is 0. The molecular formula is C19H17N3S. The van der Waals surface area contributed by atoms with Gasteiger partial charge in [0.2, 0.25) is 5.13 Å². The van der Waals surface area contributed by atoms with E-state index < -0.39 is 0 Å². The van der Waals surface area contributed by atoms with Crippen LogP contribution in [0.5, 0.6) is 0 Å². The standard InChI is InChI=1S/C19H17N3S/c1-15-9-11-17(12-10-15)18-14-23-19(21-18)22-20-13-5-8-16-6-3-2-4-7-16/h2-14H,1H3,(H,21,22)/b8-5+,20-13?. The van der Waals surface area contributed by atoms with Gasteiger partial charge in [0, 0.05) is 17.2 Å². The molecule has 114 valence electrons. The topological polar surface area (TPSA) is 37.3 Å². The SMILES string of the molecule is Cc1ccc(-c2csc(NN=C/C=C/c3ccccc3)n2)cc1. The summed E-state index contributed by atoms with van der Waals surface area (Å²) in [5.41, 5.74) is 7.44. The van der Waals surface area contributed by atoms with Crippen LogP contribution < -0.4 is 5.43 Å². The van der Waals surface area contributed by atoms with E-state index in [1.54, 1.807) is 17.6 Å². The maximum atomic E-state index is 4.54. The quantitative estimate of drug-likeness (QED) is 0.516. The summed E-state index contributed by atoms with van der Waals surface area (Å²) in [6, 6.07) is 18.5. The van der Waals surface area contributed by atoms with Crippen molar-refractivity contribution in [2.45, 2.75) is 6.92 Å². The Morgan fingerprint density at radius 1 is 1.04 bits per heavy atom. The number of anilines is 1. The molecule has 1 N–H and O–H groups in total. The Hall–Kier alpha value is -2.72. The first-order valence-electron chi connectivity index (χ1n) is 7.34. The van der Waals surface area contributed by atoms with Gasteiger partial charge in [-0.2, -0.15) is 5.10 Å². The molecule has 3 nitrogen and oxygen atoms in total. The third-order valence-electron chi connectivity index (χ3n) is 3.26. The van der Waals surface area contributed by atoms with E-state index in [2.05, 4.69) is 46.7 Å². The normalized spacial score (nSPS) is 11.3. The molecule has 1 heterocycles. The highest BCUT2D eigenvalue weighted by atomic mass is 32.1. The van der Waals surface area contributed by atoms with Crippen LogP contribution in [0.25, 0.3) is 17.3 Å². The van der Waals surface area contributed by atoms with Crippen LogP contribution in [0.1, 0.15) is 11.1 Å². The number of nitrogens with one attached hydrogen (secondary N) is 1. The van der Waals surface area contributed by atoms with Crippen LogP contribution >= 0.6 is 11.3 Å². The highest BCUT2D eigenvalue weighted by molar-refractivity contribution is 7.14. The summed E-state index contributed by atoms with van der Waals surface area (Å²) < 4.78 is 0. The average Bonchev–Trinajstić information content (AvgIpc) is 3.05. The van der Waals surface area contributed by atoms with Crippen molar-refractivity contribution in [3.8, 4) is 11.3 Å². The van der Waals surface area contributed by atoms with Crippen molar-refractivity contribution in [1.82, 2.24) is 4.98 Å². The monoisotopic (exact) mass is 319 g/mol. The summed E-state index contributed by atoms with van der Waals surface area (Å²) in [6.07, 6.45) is 5.63. The van der Waals surface area contributed by atoms with Gasteiger partial charge in [-0.05, 0) is 18.6 Å². The number of allylic oxidation sites excluding steroid dienone is 1. The third kappa shape index (κ3) is 4.37. The molecule has 0 aliphatic rings. The van der Waals surface area contributed by atoms with Crippen LogP contribution in [0.2, 0.25) is 0 Å². The summed E-state index contributed by atoms with van der Waals surface area (Å²) in [5.74, 6) is 0. The van der Waals surface area contributed by atoms with Crippen LogP contribution in [0.4, 0.5) is 5.13 Å². The number of thiazole rings is 1. The molecular weight excluding hydrogens is 302 g/mol. The lowest BCUT2D eigenvalue weighted by atomic mass is 10.1. The van der Waals surface area contributed by atoms with Gasteiger partial charge in [-0.15, -0.1) is 11.3 Å². The Labute approximate surface area is 140 Å². The Morgan fingerprint density at radius 3 is 2.61 bits per heavy atom. The molecule has 1 aromatic heterocycles. The second-order valence-electron chi connectivity index (χ2n) is 5.06. The first-order chi connectivity index (χ1) is 11.3. The Balaban J connectivity index is 1.58. The van der Waals surface area contributed by atoms with Gasteiger partial charge in [-0.1, -0.05) is 66.2 Å². The summed E-state index contributed by atoms with van der Waals surface area (Å²) >= 11 is 1.54. The van der Waals surface area contributed by atoms with Crippen LogP contribution in [-0.2, 0) is 0 Å². The molecule has 4 heteroatoms. The number of hydrogen-bond acceptors (Lipinski definition) is 4. The fourth-order valence-corrected chi connectivity index (χ4v) is 2.70. The van der Waals surface area contributed by atoms with E-state index in [1.807, 2.05) is 47.9 Å². The molecule has 23 heavy (non-hydrogen) atoms. The largest absolute Gasteiger partial charge is 0.253 e. The molecule has 0 aliphatic carbocycles. The fourth-order valence-electron chi connectivity index (χ4n) is 2.04. The van der Waals surface area contributed by atoms with E-state index in [9.17, 15) is 0 Å². The zero-order valence-corrected chi connectivity index (χ0v) is 13.6. The molecule has 0 bridgehead atoms. The van der Waals surface area contributed by atoms with E-state index in [0.717, 1.165) is 22.0 Å². The number of benzene rings is 2. The second-order valence-corrected chi connectivity index (χ2v) is 5.92. The lowest BCUT2D eigenvalue weighted by molar-refractivity contribution is 1.29. The highest BCUT2D eigenvalue weighted by Crippen LogP contribution is 2.24. The van der Waals surface area contributed by atoms with Crippen molar-refractivity contribution in [3.05, 3.63) is 77.2 Å². The number of aromatic nitrogens is 1. The van der Waals surface area contributed by atoms with Crippen LogP contribution in [0.15, 0.2) is 71.2 Å². The predicted molar refractivity (Wildman–Crippen MR) is 99.9 cm³/mol. The Morgan fingerprint density at radius 2 is 1.83 bits per heavy atom. The van der Waals surface area contributed by atoms with Crippen molar-refractivity contribution in [3.63, 3.8) is 0 Å².